The number of benzene rings is 1. The van der Waals surface area contributed by atoms with E-state index in [0.29, 0.717) is 21.9 Å². The monoisotopic (exact) mass is 290 g/mol. The Morgan fingerprint density at radius 2 is 2.15 bits per heavy atom. The third kappa shape index (κ3) is 2.12. The molecule has 1 fully saturated rings. The Morgan fingerprint density at radius 1 is 1.45 bits per heavy atom. The first kappa shape index (κ1) is 12.9. The summed E-state index contributed by atoms with van der Waals surface area (Å²) in [6.07, 6.45) is 0.878. The molecule has 4 N–H and O–H groups in total. The summed E-state index contributed by atoms with van der Waals surface area (Å²) < 4.78 is 0.720. The van der Waals surface area contributed by atoms with Crippen molar-refractivity contribution < 1.29 is 14.7 Å². The predicted molar refractivity (Wildman–Crippen MR) is 77.9 cm³/mol. The van der Waals surface area contributed by atoms with E-state index in [4.69, 9.17) is 5.73 Å². The molecule has 0 saturated heterocycles. The highest BCUT2D eigenvalue weighted by Crippen LogP contribution is 2.41. The lowest BCUT2D eigenvalue weighted by molar-refractivity contribution is -0.117. The van der Waals surface area contributed by atoms with E-state index < -0.39 is 5.91 Å². The van der Waals surface area contributed by atoms with Crippen LogP contribution in [0.1, 0.15) is 23.7 Å². The summed E-state index contributed by atoms with van der Waals surface area (Å²) in [4.78, 5) is 23.6. The molecule has 2 unspecified atom stereocenters. The number of phenols is 1. The van der Waals surface area contributed by atoms with Crippen LogP contribution in [0.2, 0.25) is 0 Å². The van der Waals surface area contributed by atoms with Crippen molar-refractivity contribution in [2.75, 3.05) is 5.32 Å². The Kier molecular flexibility index (Phi) is 2.90. The van der Waals surface area contributed by atoms with Gasteiger partial charge in [-0.3, -0.25) is 9.59 Å². The highest BCUT2D eigenvalue weighted by molar-refractivity contribution is 7.23. The van der Waals surface area contributed by atoms with Gasteiger partial charge in [0.15, 0.2) is 0 Å². The lowest BCUT2D eigenvalue weighted by atomic mass is 10.1. The molecule has 1 aromatic carbocycles. The third-order valence-electron chi connectivity index (χ3n) is 3.60. The number of nitrogens with one attached hydrogen (secondary N) is 1. The SMILES string of the molecule is CC1CC1C(=O)Nc1sc2cc(O)ccc2c1C(N)=O. The predicted octanol–water partition coefficient (Wildman–Crippen LogP) is 2.30. The first-order valence-corrected chi connectivity index (χ1v) is 7.15. The number of carbonyl (C=O) groups excluding carboxylic acids is 2. The molecule has 0 radical (unpaired) electrons. The van der Waals surface area contributed by atoms with Crippen LogP contribution in [-0.4, -0.2) is 16.9 Å². The summed E-state index contributed by atoms with van der Waals surface area (Å²) in [7, 11) is 0. The summed E-state index contributed by atoms with van der Waals surface area (Å²) in [5.41, 5.74) is 5.72. The second-order valence-corrected chi connectivity index (χ2v) is 6.21. The zero-order valence-corrected chi connectivity index (χ0v) is 11.7. The highest BCUT2D eigenvalue weighted by atomic mass is 32.1. The van der Waals surface area contributed by atoms with Gasteiger partial charge in [-0.2, -0.15) is 0 Å². The van der Waals surface area contributed by atoms with Gasteiger partial charge in [0.2, 0.25) is 5.91 Å². The number of aromatic hydroxyl groups is 1. The van der Waals surface area contributed by atoms with Gasteiger partial charge in [-0.05, 0) is 30.5 Å². The van der Waals surface area contributed by atoms with Gasteiger partial charge in [0.1, 0.15) is 10.8 Å². The molecule has 1 aliphatic rings. The van der Waals surface area contributed by atoms with Crippen molar-refractivity contribution >= 4 is 38.2 Å². The van der Waals surface area contributed by atoms with E-state index in [1.54, 1.807) is 12.1 Å². The Morgan fingerprint density at radius 3 is 2.75 bits per heavy atom. The number of primary amides is 1. The second-order valence-electron chi connectivity index (χ2n) is 5.16. The van der Waals surface area contributed by atoms with E-state index in [2.05, 4.69) is 5.32 Å². The molecular weight excluding hydrogens is 276 g/mol. The minimum atomic E-state index is -0.582. The van der Waals surface area contributed by atoms with Gasteiger partial charge in [-0.25, -0.2) is 0 Å². The molecule has 20 heavy (non-hydrogen) atoms. The average Bonchev–Trinajstić information content (AvgIpc) is 2.98. The maximum atomic E-state index is 12.0. The largest absolute Gasteiger partial charge is 0.508 e. The summed E-state index contributed by atoms with van der Waals surface area (Å²) in [5.74, 6) is -0.125. The van der Waals surface area contributed by atoms with Gasteiger partial charge in [0, 0.05) is 16.0 Å². The van der Waals surface area contributed by atoms with Crippen LogP contribution in [0.4, 0.5) is 5.00 Å². The molecule has 2 amide bonds. The number of carbonyl (C=O) groups is 2. The summed E-state index contributed by atoms with van der Waals surface area (Å²) in [5, 5.41) is 13.4. The molecular formula is C14H14N2O3S. The summed E-state index contributed by atoms with van der Waals surface area (Å²) >= 11 is 1.25. The van der Waals surface area contributed by atoms with Crippen LogP contribution in [-0.2, 0) is 4.79 Å². The first-order chi connectivity index (χ1) is 9.47. The third-order valence-corrected chi connectivity index (χ3v) is 4.67. The van der Waals surface area contributed by atoms with E-state index in [1.165, 1.54) is 17.4 Å². The molecule has 6 heteroatoms. The van der Waals surface area contributed by atoms with Gasteiger partial charge >= 0.3 is 0 Å². The molecule has 3 rings (SSSR count). The topological polar surface area (TPSA) is 92.4 Å². The van der Waals surface area contributed by atoms with E-state index in [0.717, 1.165) is 11.1 Å². The Balaban J connectivity index is 2.02. The minimum Gasteiger partial charge on any atom is -0.508 e. The number of nitrogens with two attached hydrogens (primary N) is 1. The molecule has 0 bridgehead atoms. The first-order valence-electron chi connectivity index (χ1n) is 6.33. The van der Waals surface area contributed by atoms with E-state index in [-0.39, 0.29) is 17.6 Å². The Bertz CT molecular complexity index is 723. The maximum absolute atomic E-state index is 12.0. The fourth-order valence-electron chi connectivity index (χ4n) is 2.31. The Labute approximate surface area is 119 Å². The molecule has 2 aromatic rings. The van der Waals surface area contributed by atoms with Gasteiger partial charge < -0.3 is 16.2 Å². The molecule has 0 spiro atoms. The molecule has 104 valence electrons. The van der Waals surface area contributed by atoms with Crippen molar-refractivity contribution in [1.82, 2.24) is 0 Å². The lowest BCUT2D eigenvalue weighted by Gasteiger charge is -2.03. The van der Waals surface area contributed by atoms with Gasteiger partial charge in [-0.1, -0.05) is 6.92 Å². The second kappa shape index (κ2) is 4.49. The van der Waals surface area contributed by atoms with Gasteiger partial charge in [-0.15, -0.1) is 11.3 Å². The van der Waals surface area contributed by atoms with Crippen LogP contribution >= 0.6 is 11.3 Å². The fourth-order valence-corrected chi connectivity index (χ4v) is 3.45. The minimum absolute atomic E-state index is 0.0225. The number of amides is 2. The van der Waals surface area contributed by atoms with Crippen LogP contribution in [0, 0.1) is 11.8 Å². The standard InChI is InChI=1S/C14H14N2O3S/c1-6-4-9(6)13(19)16-14-11(12(15)18)8-3-2-7(17)5-10(8)20-14/h2-3,5-6,9,17H,4H2,1H3,(H2,15,18)(H,16,19). The number of phenolic OH excluding ortho intramolecular Hbond substituents is 1. The maximum Gasteiger partial charge on any atom is 0.252 e. The highest BCUT2D eigenvalue weighted by Gasteiger charge is 2.39. The Hall–Kier alpha value is -2.08. The molecule has 5 nitrogen and oxygen atoms in total. The number of hydrogen-bond acceptors (Lipinski definition) is 4. The van der Waals surface area contributed by atoms with Crippen LogP contribution in [0.5, 0.6) is 5.75 Å². The van der Waals surface area contributed by atoms with Crippen molar-refractivity contribution in [2.24, 2.45) is 17.6 Å². The molecule has 1 saturated carbocycles. The van der Waals surface area contributed by atoms with Crippen molar-refractivity contribution in [1.29, 1.82) is 0 Å². The summed E-state index contributed by atoms with van der Waals surface area (Å²) in [6, 6.07) is 4.69. The fraction of sp³-hybridized carbons (Fsp3) is 0.286. The number of hydrogen-bond donors (Lipinski definition) is 3. The molecule has 1 heterocycles. The van der Waals surface area contributed by atoms with Crippen molar-refractivity contribution in [2.45, 2.75) is 13.3 Å². The van der Waals surface area contributed by atoms with Crippen molar-refractivity contribution in [3.8, 4) is 5.75 Å². The number of fused-ring (bicyclic) bond motifs is 1. The molecule has 1 aliphatic carbocycles. The van der Waals surface area contributed by atoms with Crippen LogP contribution in [0.3, 0.4) is 0 Å². The average molecular weight is 290 g/mol. The van der Waals surface area contributed by atoms with Crippen LogP contribution < -0.4 is 11.1 Å². The van der Waals surface area contributed by atoms with Crippen LogP contribution in [0.25, 0.3) is 10.1 Å². The zero-order valence-electron chi connectivity index (χ0n) is 10.8. The van der Waals surface area contributed by atoms with Crippen molar-refractivity contribution in [3.63, 3.8) is 0 Å². The van der Waals surface area contributed by atoms with Crippen molar-refractivity contribution in [3.05, 3.63) is 23.8 Å². The quantitative estimate of drug-likeness (QED) is 0.809. The van der Waals surface area contributed by atoms with Crippen LogP contribution in [0.15, 0.2) is 18.2 Å². The number of anilines is 1. The summed E-state index contributed by atoms with van der Waals surface area (Å²) in [6.45, 7) is 2.02. The molecule has 0 aliphatic heterocycles. The zero-order chi connectivity index (χ0) is 14.4. The van der Waals surface area contributed by atoms with E-state index >= 15 is 0 Å². The van der Waals surface area contributed by atoms with Gasteiger partial charge in [0.25, 0.3) is 5.91 Å². The molecule has 2 atom stereocenters. The van der Waals surface area contributed by atoms with E-state index in [1.807, 2.05) is 6.92 Å². The number of thiophene rings is 1. The lowest BCUT2D eigenvalue weighted by Crippen LogP contribution is -2.18. The smallest absolute Gasteiger partial charge is 0.252 e. The van der Waals surface area contributed by atoms with Gasteiger partial charge in [0.05, 0.1) is 5.56 Å². The molecule has 1 aromatic heterocycles. The number of rotatable bonds is 3. The van der Waals surface area contributed by atoms with E-state index in [9.17, 15) is 14.7 Å². The normalized spacial score (nSPS) is 20.9.